The second-order valence-corrected chi connectivity index (χ2v) is 4.89. The van der Waals surface area contributed by atoms with Crippen molar-refractivity contribution in [1.82, 2.24) is 0 Å². The average Bonchev–Trinajstić information content (AvgIpc) is 2.82. The van der Waals surface area contributed by atoms with E-state index in [4.69, 9.17) is 5.73 Å². The zero-order chi connectivity index (χ0) is 9.54. The number of aryl methyl sites for hydroxylation is 1. The van der Waals surface area contributed by atoms with Gasteiger partial charge < -0.3 is 5.73 Å². The lowest BCUT2D eigenvalue weighted by Crippen LogP contribution is -2.09. The van der Waals surface area contributed by atoms with Gasteiger partial charge in [0.2, 0.25) is 0 Å². The molecular weight excluding hydrogens is 190 g/mol. The van der Waals surface area contributed by atoms with E-state index in [1.54, 1.807) is 0 Å². The Morgan fingerprint density at radius 1 is 1.36 bits per heavy atom. The van der Waals surface area contributed by atoms with Gasteiger partial charge in [0.25, 0.3) is 0 Å². The van der Waals surface area contributed by atoms with E-state index in [0.29, 0.717) is 5.92 Å². The minimum atomic E-state index is 0.600. The summed E-state index contributed by atoms with van der Waals surface area (Å²) in [6, 6.07) is 6.77. The number of rotatable bonds is 1. The van der Waals surface area contributed by atoms with Crippen LogP contribution >= 0.6 is 11.3 Å². The van der Waals surface area contributed by atoms with Crippen molar-refractivity contribution in [2.75, 3.05) is 6.54 Å². The van der Waals surface area contributed by atoms with Crippen molar-refractivity contribution in [2.24, 2.45) is 5.73 Å². The van der Waals surface area contributed by atoms with Gasteiger partial charge in [-0.2, -0.15) is 0 Å². The van der Waals surface area contributed by atoms with Gasteiger partial charge in [-0.15, -0.1) is 11.3 Å². The molecule has 1 unspecified atom stereocenters. The van der Waals surface area contributed by atoms with Gasteiger partial charge in [-0.05, 0) is 59.3 Å². The third kappa shape index (κ3) is 1.04. The van der Waals surface area contributed by atoms with Crippen LogP contribution in [0.2, 0.25) is 0 Å². The molecule has 0 amide bonds. The zero-order valence-electron chi connectivity index (χ0n) is 7.99. The van der Waals surface area contributed by atoms with Crippen LogP contribution < -0.4 is 5.73 Å². The van der Waals surface area contributed by atoms with Crippen molar-refractivity contribution < 1.29 is 0 Å². The van der Waals surface area contributed by atoms with Crippen molar-refractivity contribution in [3.63, 3.8) is 0 Å². The van der Waals surface area contributed by atoms with Gasteiger partial charge >= 0.3 is 0 Å². The van der Waals surface area contributed by atoms with E-state index in [1.807, 2.05) is 11.3 Å². The Kier molecular flexibility index (Phi) is 1.85. The lowest BCUT2D eigenvalue weighted by molar-refractivity contribution is 0.691. The van der Waals surface area contributed by atoms with Crippen molar-refractivity contribution in [1.29, 1.82) is 0 Å². The SMILES string of the molecule is NCC1CCc2ccc3sccc3c21. The largest absolute Gasteiger partial charge is 0.330 e. The maximum atomic E-state index is 5.81. The van der Waals surface area contributed by atoms with Crippen molar-refractivity contribution in [3.05, 3.63) is 34.7 Å². The van der Waals surface area contributed by atoms with Gasteiger partial charge in [0.15, 0.2) is 0 Å². The molecule has 1 nitrogen and oxygen atoms in total. The highest BCUT2D eigenvalue weighted by molar-refractivity contribution is 7.17. The number of fused-ring (bicyclic) bond motifs is 3. The van der Waals surface area contributed by atoms with E-state index >= 15 is 0 Å². The lowest BCUT2D eigenvalue weighted by atomic mass is 9.98. The summed E-state index contributed by atoms with van der Waals surface area (Å²) >= 11 is 1.83. The molecule has 3 rings (SSSR count). The Bertz CT molecular complexity index is 472. The summed E-state index contributed by atoms with van der Waals surface area (Å²) in [6.45, 7) is 0.794. The van der Waals surface area contributed by atoms with Crippen molar-refractivity contribution in [2.45, 2.75) is 18.8 Å². The number of benzene rings is 1. The maximum absolute atomic E-state index is 5.81. The summed E-state index contributed by atoms with van der Waals surface area (Å²) in [4.78, 5) is 0. The van der Waals surface area contributed by atoms with E-state index in [0.717, 1.165) is 6.54 Å². The standard InChI is InChI=1S/C12H13NS/c13-7-9-2-1-8-3-4-11-10(12(8)9)5-6-14-11/h3-6,9H,1-2,7,13H2. The van der Waals surface area contributed by atoms with Gasteiger partial charge in [-0.25, -0.2) is 0 Å². The van der Waals surface area contributed by atoms with Gasteiger partial charge in [0.05, 0.1) is 0 Å². The molecule has 0 fully saturated rings. The third-order valence-corrected chi connectivity index (χ3v) is 4.10. The van der Waals surface area contributed by atoms with Gasteiger partial charge in [-0.1, -0.05) is 6.07 Å². The highest BCUT2D eigenvalue weighted by Crippen LogP contribution is 2.39. The fraction of sp³-hybridized carbons (Fsp3) is 0.333. The molecule has 14 heavy (non-hydrogen) atoms. The van der Waals surface area contributed by atoms with Crippen LogP contribution in [0.5, 0.6) is 0 Å². The molecule has 1 aromatic carbocycles. The Hall–Kier alpha value is -0.860. The van der Waals surface area contributed by atoms with E-state index in [2.05, 4.69) is 23.6 Å². The van der Waals surface area contributed by atoms with E-state index in [1.165, 1.54) is 34.1 Å². The predicted molar refractivity (Wildman–Crippen MR) is 61.9 cm³/mol. The summed E-state index contributed by atoms with van der Waals surface area (Å²) in [5.41, 5.74) is 8.87. The smallest absolute Gasteiger partial charge is 0.0345 e. The van der Waals surface area contributed by atoms with E-state index < -0.39 is 0 Å². The highest BCUT2D eigenvalue weighted by atomic mass is 32.1. The molecule has 1 aliphatic rings. The molecule has 1 atom stereocenters. The van der Waals surface area contributed by atoms with Gasteiger partial charge in [0, 0.05) is 4.70 Å². The minimum absolute atomic E-state index is 0.600. The summed E-state index contributed by atoms with van der Waals surface area (Å²) in [7, 11) is 0. The summed E-state index contributed by atoms with van der Waals surface area (Å²) < 4.78 is 1.41. The molecule has 0 aliphatic heterocycles. The molecule has 0 saturated carbocycles. The van der Waals surface area contributed by atoms with Crippen LogP contribution in [0.25, 0.3) is 10.1 Å². The summed E-state index contributed by atoms with van der Waals surface area (Å²) in [6.07, 6.45) is 2.45. The molecule has 1 heterocycles. The fourth-order valence-electron chi connectivity index (χ4n) is 2.52. The quantitative estimate of drug-likeness (QED) is 0.757. The van der Waals surface area contributed by atoms with Crippen LogP contribution in [-0.4, -0.2) is 6.54 Å². The van der Waals surface area contributed by atoms with Crippen LogP contribution in [-0.2, 0) is 6.42 Å². The maximum Gasteiger partial charge on any atom is 0.0345 e. The van der Waals surface area contributed by atoms with Crippen molar-refractivity contribution >= 4 is 21.4 Å². The van der Waals surface area contributed by atoms with E-state index in [9.17, 15) is 0 Å². The Labute approximate surface area is 87.5 Å². The third-order valence-electron chi connectivity index (χ3n) is 3.22. The molecule has 1 aliphatic carbocycles. The highest BCUT2D eigenvalue weighted by Gasteiger charge is 2.23. The first-order valence-electron chi connectivity index (χ1n) is 5.09. The topological polar surface area (TPSA) is 26.0 Å². The molecule has 1 aromatic heterocycles. The van der Waals surface area contributed by atoms with E-state index in [-0.39, 0.29) is 0 Å². The van der Waals surface area contributed by atoms with Crippen LogP contribution in [0, 0.1) is 0 Å². The Morgan fingerprint density at radius 3 is 3.14 bits per heavy atom. The van der Waals surface area contributed by atoms with Crippen molar-refractivity contribution in [3.8, 4) is 0 Å². The second-order valence-electron chi connectivity index (χ2n) is 3.94. The minimum Gasteiger partial charge on any atom is -0.330 e. The average molecular weight is 203 g/mol. The predicted octanol–water partition coefficient (Wildman–Crippen LogP) is 2.89. The fourth-order valence-corrected chi connectivity index (χ4v) is 3.32. The van der Waals surface area contributed by atoms with Crippen LogP contribution in [0.4, 0.5) is 0 Å². The summed E-state index contributed by atoms with van der Waals surface area (Å²) in [5, 5.41) is 3.62. The molecule has 72 valence electrons. The molecule has 0 bridgehead atoms. The molecule has 2 aromatic rings. The number of thiophene rings is 1. The van der Waals surface area contributed by atoms with Crippen LogP contribution in [0.15, 0.2) is 23.6 Å². The first-order valence-corrected chi connectivity index (χ1v) is 5.97. The normalized spacial score (nSPS) is 20.2. The zero-order valence-corrected chi connectivity index (χ0v) is 8.81. The number of nitrogens with two attached hydrogens (primary N) is 1. The monoisotopic (exact) mass is 203 g/mol. The molecule has 0 saturated heterocycles. The van der Waals surface area contributed by atoms with Crippen LogP contribution in [0.1, 0.15) is 23.5 Å². The Balaban J connectivity index is 2.32. The van der Waals surface area contributed by atoms with Gasteiger partial charge in [0.1, 0.15) is 0 Å². The summed E-state index contributed by atoms with van der Waals surface area (Å²) in [5.74, 6) is 0.600. The first-order chi connectivity index (χ1) is 6.90. The molecule has 0 radical (unpaired) electrons. The molecule has 2 N–H and O–H groups in total. The number of hydrogen-bond acceptors (Lipinski definition) is 2. The van der Waals surface area contributed by atoms with Gasteiger partial charge in [-0.3, -0.25) is 0 Å². The molecule has 0 spiro atoms. The van der Waals surface area contributed by atoms with Crippen LogP contribution in [0.3, 0.4) is 0 Å². The molecular formula is C12H13NS. The number of hydrogen-bond donors (Lipinski definition) is 1. The molecule has 2 heteroatoms. The lowest BCUT2D eigenvalue weighted by Gasteiger charge is -2.09. The first kappa shape index (κ1) is 8.45. The Morgan fingerprint density at radius 2 is 2.29 bits per heavy atom. The second kappa shape index (κ2) is 3.07.